The Morgan fingerprint density at radius 3 is 2.27 bits per heavy atom. The van der Waals surface area contributed by atoms with Crippen LogP contribution in [0, 0.1) is 0 Å². The van der Waals surface area contributed by atoms with E-state index in [1.54, 1.807) is 38.1 Å². The summed E-state index contributed by atoms with van der Waals surface area (Å²) < 4.78 is 5.86. The molecule has 0 fully saturated rings. The van der Waals surface area contributed by atoms with Crippen molar-refractivity contribution >= 4 is 11.9 Å². The van der Waals surface area contributed by atoms with Crippen LogP contribution in [0.3, 0.4) is 0 Å². The molecule has 7 heteroatoms. The van der Waals surface area contributed by atoms with Crippen molar-refractivity contribution in [2.75, 3.05) is 13.1 Å². The molecule has 0 saturated heterocycles. The van der Waals surface area contributed by atoms with Crippen LogP contribution in [0.2, 0.25) is 0 Å². The zero-order chi connectivity index (χ0) is 16.5. The number of aliphatic hydroxyl groups excluding tert-OH is 1. The van der Waals surface area contributed by atoms with Gasteiger partial charge in [0, 0.05) is 5.56 Å². The molecule has 0 aromatic heterocycles. The lowest BCUT2D eigenvalue weighted by molar-refractivity contribution is -0.149. The van der Waals surface area contributed by atoms with Crippen molar-refractivity contribution in [3.05, 3.63) is 29.8 Å². The van der Waals surface area contributed by atoms with Crippen LogP contribution in [-0.2, 0) is 9.59 Å². The first-order valence-corrected chi connectivity index (χ1v) is 6.86. The molecule has 2 rings (SSSR count). The standard InChI is InChI=1S/C15H19NO6/c1-15(2)14(16(7-11(17)18)8-12(19)20)13(21)9-5-3-4-6-10(9)22-15/h3-6,13-14,21H,7-8H2,1-2H3,(H,17,18)(H,19,20). The zero-order valence-corrected chi connectivity index (χ0v) is 12.4. The molecular formula is C15H19NO6. The smallest absolute Gasteiger partial charge is 0.317 e. The van der Waals surface area contributed by atoms with Crippen LogP contribution in [0.5, 0.6) is 5.75 Å². The first-order chi connectivity index (χ1) is 10.2. The lowest BCUT2D eigenvalue weighted by Crippen LogP contribution is -2.59. The van der Waals surface area contributed by atoms with Crippen LogP contribution >= 0.6 is 0 Å². The number of carboxylic acid groups (broad SMARTS) is 2. The predicted octanol–water partition coefficient (Wildman–Crippen LogP) is 0.731. The summed E-state index contributed by atoms with van der Waals surface area (Å²) in [5, 5.41) is 28.7. The molecule has 22 heavy (non-hydrogen) atoms. The van der Waals surface area contributed by atoms with Gasteiger partial charge >= 0.3 is 11.9 Å². The van der Waals surface area contributed by atoms with E-state index in [2.05, 4.69) is 0 Å². The van der Waals surface area contributed by atoms with E-state index < -0.39 is 42.8 Å². The molecule has 0 amide bonds. The second kappa shape index (κ2) is 5.94. The van der Waals surface area contributed by atoms with E-state index in [-0.39, 0.29) is 0 Å². The predicted molar refractivity (Wildman–Crippen MR) is 76.7 cm³/mol. The van der Waals surface area contributed by atoms with Crippen LogP contribution in [0.15, 0.2) is 24.3 Å². The normalized spacial score (nSPS) is 22.7. The Labute approximate surface area is 127 Å². The van der Waals surface area contributed by atoms with E-state index in [1.165, 1.54) is 4.90 Å². The molecule has 2 unspecified atom stereocenters. The molecule has 2 atom stereocenters. The number of para-hydroxylation sites is 1. The summed E-state index contributed by atoms with van der Waals surface area (Å²) in [4.78, 5) is 23.3. The minimum absolute atomic E-state index is 0.497. The summed E-state index contributed by atoms with van der Waals surface area (Å²) in [6, 6.07) is 6.11. The fourth-order valence-electron chi connectivity index (χ4n) is 2.95. The number of hydrogen-bond acceptors (Lipinski definition) is 5. The molecule has 3 N–H and O–H groups in total. The number of carbonyl (C=O) groups is 2. The van der Waals surface area contributed by atoms with E-state index in [4.69, 9.17) is 14.9 Å². The number of aliphatic carboxylic acids is 2. The number of rotatable bonds is 5. The highest BCUT2D eigenvalue weighted by molar-refractivity contribution is 5.72. The minimum atomic E-state index is -1.16. The van der Waals surface area contributed by atoms with Gasteiger partial charge in [-0.25, -0.2) is 0 Å². The van der Waals surface area contributed by atoms with E-state index in [1.807, 2.05) is 0 Å². The Bertz CT molecular complexity index is 569. The molecular weight excluding hydrogens is 290 g/mol. The molecule has 0 radical (unpaired) electrons. The molecule has 1 heterocycles. The largest absolute Gasteiger partial charge is 0.486 e. The number of aliphatic hydroxyl groups is 1. The summed E-state index contributed by atoms with van der Waals surface area (Å²) in [6.45, 7) is 2.41. The number of nitrogens with zero attached hydrogens (tertiary/aromatic N) is 1. The van der Waals surface area contributed by atoms with Crippen molar-refractivity contribution in [1.29, 1.82) is 0 Å². The average molecular weight is 309 g/mol. The fourth-order valence-corrected chi connectivity index (χ4v) is 2.95. The van der Waals surface area contributed by atoms with Crippen molar-refractivity contribution in [3.63, 3.8) is 0 Å². The zero-order valence-electron chi connectivity index (χ0n) is 12.4. The summed E-state index contributed by atoms with van der Waals surface area (Å²) >= 11 is 0. The lowest BCUT2D eigenvalue weighted by atomic mass is 9.85. The van der Waals surface area contributed by atoms with Crippen molar-refractivity contribution in [1.82, 2.24) is 4.90 Å². The Balaban J connectivity index is 2.41. The highest BCUT2D eigenvalue weighted by atomic mass is 16.5. The van der Waals surface area contributed by atoms with Crippen LogP contribution in [0.25, 0.3) is 0 Å². The molecule has 120 valence electrons. The quantitative estimate of drug-likeness (QED) is 0.736. The van der Waals surface area contributed by atoms with Gasteiger partial charge in [-0.05, 0) is 19.9 Å². The molecule has 1 aromatic carbocycles. The second-order valence-electron chi connectivity index (χ2n) is 5.83. The topological polar surface area (TPSA) is 107 Å². The van der Waals surface area contributed by atoms with Gasteiger partial charge in [0.05, 0.1) is 19.1 Å². The molecule has 7 nitrogen and oxygen atoms in total. The van der Waals surface area contributed by atoms with Gasteiger partial charge in [-0.2, -0.15) is 0 Å². The Morgan fingerprint density at radius 2 is 1.73 bits per heavy atom. The van der Waals surface area contributed by atoms with E-state index >= 15 is 0 Å². The summed E-state index contributed by atoms with van der Waals surface area (Å²) in [5.74, 6) is -1.81. The Morgan fingerprint density at radius 1 is 1.18 bits per heavy atom. The second-order valence-corrected chi connectivity index (χ2v) is 5.83. The van der Waals surface area contributed by atoms with Gasteiger partial charge in [0.25, 0.3) is 0 Å². The van der Waals surface area contributed by atoms with Gasteiger partial charge in [0.2, 0.25) is 0 Å². The molecule has 0 aliphatic carbocycles. The maximum atomic E-state index is 11.0. The van der Waals surface area contributed by atoms with Crippen LogP contribution in [-0.4, -0.2) is 56.9 Å². The Hall–Kier alpha value is -2.12. The summed E-state index contributed by atoms with van der Waals surface area (Å²) in [5.41, 5.74) is -0.425. The number of ether oxygens (including phenoxy) is 1. The monoisotopic (exact) mass is 309 g/mol. The van der Waals surface area contributed by atoms with E-state index in [0.717, 1.165) is 0 Å². The molecule has 1 aliphatic heterocycles. The third-order valence-corrected chi connectivity index (χ3v) is 3.69. The third kappa shape index (κ3) is 3.20. The molecule has 0 spiro atoms. The molecule has 1 aromatic rings. The van der Waals surface area contributed by atoms with Gasteiger partial charge in [-0.15, -0.1) is 0 Å². The molecule has 1 aliphatic rings. The maximum absolute atomic E-state index is 11.0. The fraction of sp³-hybridized carbons (Fsp3) is 0.467. The van der Waals surface area contributed by atoms with Crippen molar-refractivity contribution in [2.24, 2.45) is 0 Å². The number of fused-ring (bicyclic) bond motifs is 1. The number of carboxylic acids is 2. The van der Waals surface area contributed by atoms with Crippen LogP contribution in [0.1, 0.15) is 25.5 Å². The average Bonchev–Trinajstić information content (AvgIpc) is 2.35. The van der Waals surface area contributed by atoms with Gasteiger partial charge < -0.3 is 20.1 Å². The van der Waals surface area contributed by atoms with Crippen LogP contribution in [0.4, 0.5) is 0 Å². The van der Waals surface area contributed by atoms with Crippen molar-refractivity contribution < 1.29 is 29.6 Å². The summed E-state index contributed by atoms with van der Waals surface area (Å²) in [7, 11) is 0. The number of hydrogen-bond donors (Lipinski definition) is 3. The first-order valence-electron chi connectivity index (χ1n) is 6.86. The van der Waals surface area contributed by atoms with Gasteiger partial charge in [0.15, 0.2) is 0 Å². The van der Waals surface area contributed by atoms with Crippen LogP contribution < -0.4 is 4.74 Å². The minimum Gasteiger partial charge on any atom is -0.486 e. The van der Waals surface area contributed by atoms with Gasteiger partial charge in [-0.3, -0.25) is 14.5 Å². The van der Waals surface area contributed by atoms with Crippen molar-refractivity contribution in [2.45, 2.75) is 31.6 Å². The highest BCUT2D eigenvalue weighted by Crippen LogP contribution is 2.41. The Kier molecular flexibility index (Phi) is 4.39. The SMILES string of the molecule is CC1(C)Oc2ccccc2C(O)C1N(CC(=O)O)CC(=O)O. The number of benzene rings is 1. The lowest BCUT2D eigenvalue weighted by Gasteiger charge is -2.47. The van der Waals surface area contributed by atoms with E-state index in [0.29, 0.717) is 11.3 Å². The van der Waals surface area contributed by atoms with Gasteiger partial charge in [-0.1, -0.05) is 18.2 Å². The van der Waals surface area contributed by atoms with E-state index in [9.17, 15) is 14.7 Å². The molecule has 0 saturated carbocycles. The first kappa shape index (κ1) is 16.3. The summed E-state index contributed by atoms with van der Waals surface area (Å²) in [6.07, 6.45) is -1.04. The maximum Gasteiger partial charge on any atom is 0.317 e. The third-order valence-electron chi connectivity index (χ3n) is 3.69. The van der Waals surface area contributed by atoms with Gasteiger partial charge in [0.1, 0.15) is 17.5 Å². The highest BCUT2D eigenvalue weighted by Gasteiger charge is 2.47. The molecule has 0 bridgehead atoms. The van der Waals surface area contributed by atoms with Crippen molar-refractivity contribution in [3.8, 4) is 5.75 Å².